The molecule has 4 nitrogen and oxygen atoms in total. The lowest BCUT2D eigenvalue weighted by Crippen LogP contribution is -2.26. The molecule has 0 aromatic heterocycles. The number of amides is 1. The molecule has 1 aromatic carbocycles. The van der Waals surface area contributed by atoms with Gasteiger partial charge >= 0.3 is 0 Å². The van der Waals surface area contributed by atoms with E-state index < -0.39 is 23.3 Å². The number of rotatable bonds is 1. The van der Waals surface area contributed by atoms with Crippen molar-refractivity contribution < 1.29 is 23.5 Å². The summed E-state index contributed by atoms with van der Waals surface area (Å²) in [5.74, 6) is -4.03. The number of halogens is 2. The minimum atomic E-state index is -1.16. The highest BCUT2D eigenvalue weighted by Gasteiger charge is 2.23. The number of carbonyl (C=O) groups is 1. The summed E-state index contributed by atoms with van der Waals surface area (Å²) in [6.07, 6.45) is 0.689. The fraction of sp³-hybridized carbons (Fsp3) is 0.300. The molecule has 1 N–H and O–H groups in total. The number of benzene rings is 1. The predicted octanol–water partition coefficient (Wildman–Crippen LogP) is 1.45. The molecule has 0 bridgehead atoms. The summed E-state index contributed by atoms with van der Waals surface area (Å²) in [7, 11) is 0. The first-order valence-corrected chi connectivity index (χ1v) is 4.72. The van der Waals surface area contributed by atoms with Crippen molar-refractivity contribution >= 4 is 5.91 Å². The van der Waals surface area contributed by atoms with Crippen LogP contribution in [0.4, 0.5) is 8.78 Å². The second-order valence-corrected chi connectivity index (χ2v) is 3.38. The van der Waals surface area contributed by atoms with Crippen molar-refractivity contribution in [3.8, 4) is 5.75 Å². The zero-order valence-electron chi connectivity index (χ0n) is 8.24. The molecule has 1 aliphatic heterocycles. The van der Waals surface area contributed by atoms with Crippen LogP contribution in [0, 0.1) is 11.6 Å². The Kier molecular flexibility index (Phi) is 2.74. The molecule has 86 valence electrons. The fourth-order valence-electron chi connectivity index (χ4n) is 1.44. The number of aromatic hydroxyl groups is 1. The maximum absolute atomic E-state index is 13.0. The summed E-state index contributed by atoms with van der Waals surface area (Å²) < 4.78 is 26.0. The van der Waals surface area contributed by atoms with Crippen LogP contribution in [-0.2, 0) is 4.84 Å². The first-order chi connectivity index (χ1) is 7.59. The van der Waals surface area contributed by atoms with Gasteiger partial charge in [-0.25, -0.2) is 13.8 Å². The van der Waals surface area contributed by atoms with E-state index in [-0.39, 0.29) is 5.56 Å². The topological polar surface area (TPSA) is 49.8 Å². The Hall–Kier alpha value is -1.69. The number of hydrogen-bond acceptors (Lipinski definition) is 3. The van der Waals surface area contributed by atoms with Crippen LogP contribution >= 0.6 is 0 Å². The molecule has 0 saturated carbocycles. The molecular formula is C10H9F2NO3. The Balaban J connectivity index is 2.29. The summed E-state index contributed by atoms with van der Waals surface area (Å²) in [5.41, 5.74) is -0.185. The fourth-order valence-corrected chi connectivity index (χ4v) is 1.44. The normalized spacial score (nSPS) is 15.5. The van der Waals surface area contributed by atoms with Crippen molar-refractivity contribution in [3.63, 3.8) is 0 Å². The molecule has 0 radical (unpaired) electrons. The second-order valence-electron chi connectivity index (χ2n) is 3.38. The Bertz CT molecular complexity index is 407. The lowest BCUT2D eigenvalue weighted by Gasteiger charge is -2.13. The molecule has 6 heteroatoms. The molecule has 0 spiro atoms. The van der Waals surface area contributed by atoms with Crippen LogP contribution in [0.1, 0.15) is 16.8 Å². The summed E-state index contributed by atoms with van der Waals surface area (Å²) in [4.78, 5) is 16.6. The predicted molar refractivity (Wildman–Crippen MR) is 49.6 cm³/mol. The smallest absolute Gasteiger partial charge is 0.277 e. The van der Waals surface area contributed by atoms with Gasteiger partial charge in [-0.15, -0.1) is 0 Å². The van der Waals surface area contributed by atoms with E-state index in [2.05, 4.69) is 0 Å². The number of hydroxylamine groups is 2. The van der Waals surface area contributed by atoms with E-state index in [0.29, 0.717) is 19.6 Å². The summed E-state index contributed by atoms with van der Waals surface area (Å²) in [6.45, 7) is 0.803. The lowest BCUT2D eigenvalue weighted by atomic mass is 10.2. The quantitative estimate of drug-likeness (QED) is 0.792. The minimum absolute atomic E-state index is 0.185. The van der Waals surface area contributed by atoms with Gasteiger partial charge in [0.25, 0.3) is 5.91 Å². The Morgan fingerprint density at radius 2 is 2.00 bits per heavy atom. The van der Waals surface area contributed by atoms with Gasteiger partial charge in [-0.05, 0) is 18.6 Å². The molecule has 16 heavy (non-hydrogen) atoms. The van der Waals surface area contributed by atoms with Crippen LogP contribution in [-0.4, -0.2) is 29.2 Å². The van der Waals surface area contributed by atoms with Crippen molar-refractivity contribution in [2.45, 2.75) is 6.42 Å². The van der Waals surface area contributed by atoms with Gasteiger partial charge in [0.05, 0.1) is 13.2 Å². The van der Waals surface area contributed by atoms with Gasteiger partial charge in [0.1, 0.15) is 0 Å². The van der Waals surface area contributed by atoms with Crippen molar-refractivity contribution in [2.24, 2.45) is 0 Å². The van der Waals surface area contributed by atoms with E-state index in [0.717, 1.165) is 17.2 Å². The standard InChI is InChI=1S/C10H9F2NO3/c11-7-4-6(5-8(12)9(7)14)10(15)13-2-1-3-16-13/h4-5,14H,1-3H2. The molecule has 1 amide bonds. The van der Waals surface area contributed by atoms with Crippen LogP contribution in [0.15, 0.2) is 12.1 Å². The highest BCUT2D eigenvalue weighted by molar-refractivity contribution is 5.93. The first-order valence-electron chi connectivity index (χ1n) is 4.72. The maximum Gasteiger partial charge on any atom is 0.277 e. The van der Waals surface area contributed by atoms with Gasteiger partial charge in [-0.1, -0.05) is 0 Å². The highest BCUT2D eigenvalue weighted by Crippen LogP contribution is 2.22. The van der Waals surface area contributed by atoms with E-state index in [1.165, 1.54) is 0 Å². The third-order valence-electron chi connectivity index (χ3n) is 2.24. The van der Waals surface area contributed by atoms with Crippen LogP contribution in [0.3, 0.4) is 0 Å². The van der Waals surface area contributed by atoms with E-state index in [4.69, 9.17) is 9.94 Å². The number of carbonyl (C=O) groups excluding carboxylic acids is 1. The summed E-state index contributed by atoms with van der Waals surface area (Å²) in [5, 5.41) is 9.92. The maximum atomic E-state index is 13.0. The average Bonchev–Trinajstić information content (AvgIpc) is 2.77. The van der Waals surface area contributed by atoms with E-state index in [1.807, 2.05) is 0 Å². The Labute approximate surface area is 90.0 Å². The van der Waals surface area contributed by atoms with Gasteiger partial charge in [-0.3, -0.25) is 9.63 Å². The van der Waals surface area contributed by atoms with Crippen molar-refractivity contribution in [3.05, 3.63) is 29.3 Å². The Morgan fingerprint density at radius 1 is 1.38 bits per heavy atom. The SMILES string of the molecule is O=C(c1cc(F)c(O)c(F)c1)N1CCCO1. The van der Waals surface area contributed by atoms with E-state index in [9.17, 15) is 13.6 Å². The van der Waals surface area contributed by atoms with E-state index in [1.54, 1.807) is 0 Å². The van der Waals surface area contributed by atoms with Crippen LogP contribution in [0.25, 0.3) is 0 Å². The molecule has 1 fully saturated rings. The summed E-state index contributed by atoms with van der Waals surface area (Å²) in [6, 6.07) is 1.56. The van der Waals surface area contributed by atoms with Gasteiger partial charge in [0.15, 0.2) is 17.4 Å². The molecule has 0 atom stereocenters. The largest absolute Gasteiger partial charge is 0.503 e. The first kappa shape index (κ1) is 10.8. The van der Waals surface area contributed by atoms with E-state index >= 15 is 0 Å². The Morgan fingerprint density at radius 3 is 2.50 bits per heavy atom. The summed E-state index contributed by atoms with van der Waals surface area (Å²) >= 11 is 0. The third kappa shape index (κ3) is 1.83. The van der Waals surface area contributed by atoms with Gasteiger partial charge in [0.2, 0.25) is 0 Å². The molecule has 0 aliphatic carbocycles. The minimum Gasteiger partial charge on any atom is -0.503 e. The van der Waals surface area contributed by atoms with Crippen molar-refractivity contribution in [1.29, 1.82) is 0 Å². The molecule has 1 saturated heterocycles. The molecule has 1 aromatic rings. The third-order valence-corrected chi connectivity index (χ3v) is 2.24. The van der Waals surface area contributed by atoms with Gasteiger partial charge < -0.3 is 5.11 Å². The zero-order chi connectivity index (χ0) is 11.7. The van der Waals surface area contributed by atoms with Crippen molar-refractivity contribution in [2.75, 3.05) is 13.2 Å². The van der Waals surface area contributed by atoms with Gasteiger partial charge in [0, 0.05) is 5.56 Å². The monoisotopic (exact) mass is 229 g/mol. The molecule has 2 rings (SSSR count). The number of nitrogens with zero attached hydrogens (tertiary/aromatic N) is 1. The lowest BCUT2D eigenvalue weighted by molar-refractivity contribution is -0.0768. The highest BCUT2D eigenvalue weighted by atomic mass is 19.1. The van der Waals surface area contributed by atoms with Crippen molar-refractivity contribution in [1.82, 2.24) is 5.06 Å². The second kappa shape index (κ2) is 4.05. The number of hydrogen-bond donors (Lipinski definition) is 1. The molecule has 0 unspecified atom stereocenters. The molecule has 1 aliphatic rings. The van der Waals surface area contributed by atoms with Crippen LogP contribution in [0.5, 0.6) is 5.75 Å². The number of phenols is 1. The zero-order valence-corrected chi connectivity index (χ0v) is 8.24. The average molecular weight is 229 g/mol. The van der Waals surface area contributed by atoms with Crippen LogP contribution in [0.2, 0.25) is 0 Å². The molecular weight excluding hydrogens is 220 g/mol. The van der Waals surface area contributed by atoms with Gasteiger partial charge in [-0.2, -0.15) is 0 Å². The van der Waals surface area contributed by atoms with Crippen LogP contribution < -0.4 is 0 Å². The molecule has 1 heterocycles. The number of phenolic OH excluding ortho intramolecular Hbond substituents is 1.